The summed E-state index contributed by atoms with van der Waals surface area (Å²) in [5.41, 5.74) is -0.0936. The summed E-state index contributed by atoms with van der Waals surface area (Å²) in [5.74, 6) is 0.382. The molecule has 2 amide bonds. The number of carbonyl (C=O) groups excluding carboxylic acids is 2. The van der Waals surface area contributed by atoms with Gasteiger partial charge < -0.3 is 16.0 Å². The van der Waals surface area contributed by atoms with Crippen LogP contribution in [0, 0.1) is 16.7 Å². The molecule has 1 saturated carbocycles. The molecule has 1 spiro atoms. The van der Waals surface area contributed by atoms with Gasteiger partial charge in [0.2, 0.25) is 11.8 Å². The van der Waals surface area contributed by atoms with Gasteiger partial charge in [0.05, 0.1) is 0 Å². The average Bonchev–Trinajstić information content (AvgIpc) is 3.07. The SMILES string of the molecule is CC(C)(C)C(=O)NCCNC(=O)C1CC12CCNCC2. The number of amides is 2. The van der Waals surface area contributed by atoms with Crippen molar-refractivity contribution in [3.8, 4) is 0 Å². The van der Waals surface area contributed by atoms with Crippen molar-refractivity contribution in [2.75, 3.05) is 26.2 Å². The molecule has 1 saturated heterocycles. The Morgan fingerprint density at radius 3 is 2.35 bits per heavy atom. The third-order valence-electron chi connectivity index (χ3n) is 4.50. The Morgan fingerprint density at radius 1 is 1.15 bits per heavy atom. The Labute approximate surface area is 121 Å². The van der Waals surface area contributed by atoms with Crippen LogP contribution in [-0.4, -0.2) is 38.0 Å². The highest BCUT2D eigenvalue weighted by atomic mass is 16.2. The maximum Gasteiger partial charge on any atom is 0.225 e. The van der Waals surface area contributed by atoms with Crippen LogP contribution < -0.4 is 16.0 Å². The molecule has 0 aromatic rings. The Balaban J connectivity index is 1.63. The summed E-state index contributed by atoms with van der Waals surface area (Å²) in [4.78, 5) is 23.7. The molecule has 2 aliphatic rings. The Morgan fingerprint density at radius 2 is 1.75 bits per heavy atom. The van der Waals surface area contributed by atoms with Crippen molar-refractivity contribution in [3.05, 3.63) is 0 Å². The van der Waals surface area contributed by atoms with Gasteiger partial charge in [0.1, 0.15) is 0 Å². The fraction of sp³-hybridized carbons (Fsp3) is 0.867. The van der Waals surface area contributed by atoms with Gasteiger partial charge in [0, 0.05) is 24.4 Å². The lowest BCUT2D eigenvalue weighted by atomic mass is 9.92. The highest BCUT2D eigenvalue weighted by Crippen LogP contribution is 2.58. The van der Waals surface area contributed by atoms with Gasteiger partial charge in [0.25, 0.3) is 0 Å². The first-order valence-corrected chi connectivity index (χ1v) is 7.62. The Hall–Kier alpha value is -1.10. The molecule has 2 fully saturated rings. The standard InChI is InChI=1S/C15H27N3O2/c1-14(2,3)13(20)18-9-8-17-12(19)11-10-15(11)4-6-16-7-5-15/h11,16H,4-10H2,1-3H3,(H,17,19)(H,18,20). The maximum absolute atomic E-state index is 12.1. The summed E-state index contributed by atoms with van der Waals surface area (Å²) in [6.07, 6.45) is 3.27. The number of piperidine rings is 1. The maximum atomic E-state index is 12.1. The smallest absolute Gasteiger partial charge is 0.225 e. The predicted molar refractivity (Wildman–Crippen MR) is 78.1 cm³/mol. The number of hydrogen-bond acceptors (Lipinski definition) is 3. The van der Waals surface area contributed by atoms with E-state index < -0.39 is 0 Å². The average molecular weight is 281 g/mol. The van der Waals surface area contributed by atoms with E-state index in [0.717, 1.165) is 32.4 Å². The fourth-order valence-corrected chi connectivity index (χ4v) is 2.95. The van der Waals surface area contributed by atoms with Gasteiger partial charge in [-0.25, -0.2) is 0 Å². The Bertz CT molecular complexity index is 381. The largest absolute Gasteiger partial charge is 0.354 e. The highest BCUT2D eigenvalue weighted by Gasteiger charge is 2.57. The van der Waals surface area contributed by atoms with Gasteiger partial charge in [-0.3, -0.25) is 9.59 Å². The first kappa shape index (κ1) is 15.3. The monoisotopic (exact) mass is 281 g/mol. The van der Waals surface area contributed by atoms with E-state index >= 15 is 0 Å². The van der Waals surface area contributed by atoms with Gasteiger partial charge in [-0.05, 0) is 37.8 Å². The van der Waals surface area contributed by atoms with Gasteiger partial charge >= 0.3 is 0 Å². The Kier molecular flexibility index (Phi) is 4.37. The van der Waals surface area contributed by atoms with Gasteiger partial charge in [-0.2, -0.15) is 0 Å². The number of hydrogen-bond donors (Lipinski definition) is 3. The molecule has 0 radical (unpaired) electrons. The zero-order chi connectivity index (χ0) is 14.8. The second kappa shape index (κ2) is 5.72. The van der Waals surface area contributed by atoms with E-state index in [1.165, 1.54) is 0 Å². The van der Waals surface area contributed by atoms with Crippen molar-refractivity contribution in [1.29, 1.82) is 0 Å². The van der Waals surface area contributed by atoms with E-state index in [0.29, 0.717) is 13.1 Å². The summed E-state index contributed by atoms with van der Waals surface area (Å²) < 4.78 is 0. The van der Waals surface area contributed by atoms with E-state index in [4.69, 9.17) is 0 Å². The van der Waals surface area contributed by atoms with Crippen LogP contribution in [0.5, 0.6) is 0 Å². The molecule has 1 aliphatic carbocycles. The molecule has 2 rings (SSSR count). The van der Waals surface area contributed by atoms with Crippen molar-refractivity contribution in [2.24, 2.45) is 16.7 Å². The van der Waals surface area contributed by atoms with Crippen molar-refractivity contribution < 1.29 is 9.59 Å². The summed E-state index contributed by atoms with van der Waals surface area (Å²) in [6, 6.07) is 0. The summed E-state index contributed by atoms with van der Waals surface area (Å²) in [5, 5.41) is 9.13. The number of carbonyl (C=O) groups is 2. The molecule has 1 aliphatic heterocycles. The minimum atomic E-state index is -0.375. The minimum absolute atomic E-state index is 0.0213. The molecule has 114 valence electrons. The molecular weight excluding hydrogens is 254 g/mol. The molecule has 5 heteroatoms. The predicted octanol–water partition coefficient (Wildman–Crippen LogP) is 0.655. The zero-order valence-corrected chi connectivity index (χ0v) is 12.8. The molecule has 1 unspecified atom stereocenters. The topological polar surface area (TPSA) is 70.2 Å². The molecule has 1 atom stereocenters. The van der Waals surface area contributed by atoms with Crippen LogP contribution in [-0.2, 0) is 9.59 Å². The first-order chi connectivity index (χ1) is 9.35. The number of nitrogens with one attached hydrogen (secondary N) is 3. The second-order valence-electron chi connectivity index (χ2n) is 7.17. The summed E-state index contributed by atoms with van der Waals surface area (Å²) in [6.45, 7) is 8.73. The van der Waals surface area contributed by atoms with Gasteiger partial charge in [-0.1, -0.05) is 20.8 Å². The van der Waals surface area contributed by atoms with Crippen LogP contribution in [0.3, 0.4) is 0 Å². The van der Waals surface area contributed by atoms with Crippen LogP contribution in [0.25, 0.3) is 0 Å². The minimum Gasteiger partial charge on any atom is -0.354 e. The molecule has 1 heterocycles. The van der Waals surface area contributed by atoms with Gasteiger partial charge in [0.15, 0.2) is 0 Å². The van der Waals surface area contributed by atoms with Crippen LogP contribution >= 0.6 is 0 Å². The van der Waals surface area contributed by atoms with Crippen LogP contribution in [0.1, 0.15) is 40.0 Å². The summed E-state index contributed by atoms with van der Waals surface area (Å²) in [7, 11) is 0. The molecule has 0 aromatic heterocycles. The first-order valence-electron chi connectivity index (χ1n) is 7.62. The number of rotatable bonds is 4. The van der Waals surface area contributed by atoms with Gasteiger partial charge in [-0.15, -0.1) is 0 Å². The van der Waals surface area contributed by atoms with Crippen molar-refractivity contribution in [2.45, 2.75) is 40.0 Å². The van der Waals surface area contributed by atoms with E-state index in [2.05, 4.69) is 16.0 Å². The summed E-state index contributed by atoms with van der Waals surface area (Å²) >= 11 is 0. The lowest BCUT2D eigenvalue weighted by molar-refractivity contribution is -0.129. The highest BCUT2D eigenvalue weighted by molar-refractivity contribution is 5.83. The zero-order valence-electron chi connectivity index (χ0n) is 12.8. The third-order valence-corrected chi connectivity index (χ3v) is 4.50. The third kappa shape index (κ3) is 3.51. The normalized spacial score (nSPS) is 24.2. The van der Waals surface area contributed by atoms with Crippen LogP contribution in [0.4, 0.5) is 0 Å². The van der Waals surface area contributed by atoms with Crippen molar-refractivity contribution >= 4 is 11.8 Å². The molecule has 0 aromatic carbocycles. The van der Waals surface area contributed by atoms with E-state index in [1.807, 2.05) is 20.8 Å². The van der Waals surface area contributed by atoms with Crippen LogP contribution in [0.2, 0.25) is 0 Å². The molecule has 5 nitrogen and oxygen atoms in total. The molecule has 0 bridgehead atoms. The molecular formula is C15H27N3O2. The van der Waals surface area contributed by atoms with E-state index in [1.54, 1.807) is 0 Å². The molecule has 20 heavy (non-hydrogen) atoms. The van der Waals surface area contributed by atoms with Crippen molar-refractivity contribution in [3.63, 3.8) is 0 Å². The lowest BCUT2D eigenvalue weighted by Crippen LogP contribution is -2.40. The van der Waals surface area contributed by atoms with E-state index in [9.17, 15) is 9.59 Å². The lowest BCUT2D eigenvalue weighted by Gasteiger charge is -2.23. The quantitative estimate of drug-likeness (QED) is 0.663. The fourth-order valence-electron chi connectivity index (χ4n) is 2.95. The van der Waals surface area contributed by atoms with Crippen molar-refractivity contribution in [1.82, 2.24) is 16.0 Å². The molecule has 3 N–H and O–H groups in total. The van der Waals surface area contributed by atoms with E-state index in [-0.39, 0.29) is 28.6 Å². The van der Waals surface area contributed by atoms with Crippen LogP contribution in [0.15, 0.2) is 0 Å². The second-order valence-corrected chi connectivity index (χ2v) is 7.17.